The molecule has 1 aromatic carbocycles. The molecule has 2 N–H and O–H groups in total. The summed E-state index contributed by atoms with van der Waals surface area (Å²) in [5.74, 6) is -1.02. The Morgan fingerprint density at radius 3 is 2.45 bits per heavy atom. The molecular formula is C11H6F4N2O4S. The van der Waals surface area contributed by atoms with Crippen LogP contribution in [0.1, 0.15) is 5.56 Å². The number of alkyl halides is 3. The van der Waals surface area contributed by atoms with Crippen molar-refractivity contribution >= 4 is 21.8 Å². The zero-order valence-corrected chi connectivity index (χ0v) is 11.2. The van der Waals surface area contributed by atoms with Crippen LogP contribution in [-0.4, -0.2) is 32.2 Å². The van der Waals surface area contributed by atoms with Crippen molar-refractivity contribution < 1.29 is 35.9 Å². The topological polar surface area (TPSA) is 86.7 Å². The molecule has 6 nitrogen and oxygen atoms in total. The van der Waals surface area contributed by atoms with Crippen LogP contribution in [0.2, 0.25) is 0 Å². The molecule has 0 atom stereocenters. The van der Waals surface area contributed by atoms with Gasteiger partial charge in [0.25, 0.3) is 5.91 Å². The number of phenols is 1. The number of hydrogen-bond acceptors (Lipinski definition) is 4. The highest BCUT2D eigenvalue weighted by molar-refractivity contribution is 7.92. The summed E-state index contributed by atoms with van der Waals surface area (Å²) in [5, 5.41) is 9.57. The second-order valence-electron chi connectivity index (χ2n) is 4.08. The molecule has 0 saturated carbocycles. The van der Waals surface area contributed by atoms with Gasteiger partial charge in [0.05, 0.1) is 5.56 Å². The second kappa shape index (κ2) is 5.06. The van der Waals surface area contributed by atoms with E-state index in [9.17, 15) is 35.9 Å². The zero-order chi connectivity index (χ0) is 16.7. The molecule has 1 heterocycles. The van der Waals surface area contributed by atoms with Crippen LogP contribution in [0.5, 0.6) is 5.75 Å². The Kier molecular flexibility index (Phi) is 3.66. The third kappa shape index (κ3) is 3.06. The van der Waals surface area contributed by atoms with Crippen LogP contribution in [0, 0.1) is 17.7 Å². The molecule has 0 aliphatic carbocycles. The molecule has 0 spiro atoms. The second-order valence-corrected chi connectivity index (χ2v) is 5.67. The molecule has 1 saturated heterocycles. The number of phenolic OH excluding ortho intramolecular Hbond substituents is 1. The highest BCUT2D eigenvalue weighted by Crippen LogP contribution is 2.34. The van der Waals surface area contributed by atoms with Crippen molar-refractivity contribution in [2.24, 2.45) is 0 Å². The van der Waals surface area contributed by atoms with E-state index in [1.165, 1.54) is 10.6 Å². The number of carbonyl (C=O) groups is 1. The summed E-state index contributed by atoms with van der Waals surface area (Å²) in [5.41, 5.74) is -1.73. The van der Waals surface area contributed by atoms with Crippen LogP contribution < -0.4 is 9.03 Å². The van der Waals surface area contributed by atoms with Gasteiger partial charge in [-0.1, -0.05) is 5.92 Å². The molecular weight excluding hydrogens is 332 g/mol. The Bertz CT molecular complexity index is 808. The Morgan fingerprint density at radius 1 is 1.32 bits per heavy atom. The molecule has 22 heavy (non-hydrogen) atoms. The average molecular weight is 338 g/mol. The summed E-state index contributed by atoms with van der Waals surface area (Å²) in [6, 6.07) is 1.53. The highest BCUT2D eigenvalue weighted by Gasteiger charge is 2.37. The number of aromatic hydroxyl groups is 1. The summed E-state index contributed by atoms with van der Waals surface area (Å²) in [7, 11) is -4.43. The van der Waals surface area contributed by atoms with E-state index in [1.807, 2.05) is 0 Å². The number of hydrogen-bond donors (Lipinski definition) is 2. The van der Waals surface area contributed by atoms with Gasteiger partial charge in [-0.15, -0.1) is 0 Å². The maximum Gasteiger partial charge on any atom is 0.458 e. The maximum atomic E-state index is 14.2. The standard InChI is InChI=1S/C11H6F4N2O4S/c12-9-6(3-4-11(13,14)15)1-2-7(18)10(9)17-5-8(19)16-22(17,20)21/h1-2,18H,5H2,(H,16,19). The first kappa shape index (κ1) is 15.9. The smallest absolute Gasteiger partial charge is 0.458 e. The van der Waals surface area contributed by atoms with Crippen LogP contribution >= 0.6 is 0 Å². The Morgan fingerprint density at radius 2 is 1.95 bits per heavy atom. The molecule has 0 aromatic heterocycles. The van der Waals surface area contributed by atoms with Crippen molar-refractivity contribution in [1.82, 2.24) is 4.72 Å². The summed E-state index contributed by atoms with van der Waals surface area (Å²) in [6.45, 7) is -0.817. The van der Waals surface area contributed by atoms with Crippen molar-refractivity contribution in [1.29, 1.82) is 0 Å². The molecule has 0 bridgehead atoms. The van der Waals surface area contributed by atoms with Crippen molar-refractivity contribution in [3.8, 4) is 17.6 Å². The fraction of sp³-hybridized carbons (Fsp3) is 0.182. The fourth-order valence-electron chi connectivity index (χ4n) is 1.67. The first-order valence-corrected chi connectivity index (χ1v) is 6.90. The fourth-order valence-corrected chi connectivity index (χ4v) is 2.84. The minimum Gasteiger partial charge on any atom is -0.506 e. The number of anilines is 1. The van der Waals surface area contributed by atoms with E-state index in [1.54, 1.807) is 0 Å². The molecule has 0 radical (unpaired) electrons. The molecule has 118 valence electrons. The predicted octanol–water partition coefficient (Wildman–Crippen LogP) is 0.626. The number of halogens is 4. The monoisotopic (exact) mass is 338 g/mol. The minimum absolute atomic E-state index is 0.207. The number of nitrogens with one attached hydrogen (secondary N) is 1. The number of rotatable bonds is 1. The van der Waals surface area contributed by atoms with Crippen LogP contribution in [0.3, 0.4) is 0 Å². The summed E-state index contributed by atoms with van der Waals surface area (Å²) < 4.78 is 75.2. The molecule has 1 fully saturated rings. The number of carbonyl (C=O) groups excluding carboxylic acids is 1. The van der Waals surface area contributed by atoms with Crippen molar-refractivity contribution in [2.45, 2.75) is 6.18 Å². The van der Waals surface area contributed by atoms with E-state index in [2.05, 4.69) is 0 Å². The SMILES string of the molecule is O=C1CN(c2c(O)ccc(C#CC(F)(F)F)c2F)S(=O)(=O)N1. The van der Waals surface area contributed by atoms with Gasteiger partial charge in [-0.3, -0.25) is 4.79 Å². The average Bonchev–Trinajstić information content (AvgIpc) is 2.60. The number of nitrogens with zero attached hydrogens (tertiary/aromatic N) is 1. The molecule has 2 rings (SSSR count). The van der Waals surface area contributed by atoms with Gasteiger partial charge < -0.3 is 5.11 Å². The summed E-state index contributed by atoms with van der Waals surface area (Å²) >= 11 is 0. The van der Waals surface area contributed by atoms with Crippen molar-refractivity contribution in [3.05, 3.63) is 23.5 Å². The van der Waals surface area contributed by atoms with Gasteiger partial charge >= 0.3 is 16.4 Å². The van der Waals surface area contributed by atoms with Gasteiger partial charge in [0, 0.05) is 5.92 Å². The van der Waals surface area contributed by atoms with Crippen LogP contribution in [-0.2, 0) is 15.0 Å². The van der Waals surface area contributed by atoms with Crippen molar-refractivity contribution in [3.63, 3.8) is 0 Å². The lowest BCUT2D eigenvalue weighted by atomic mass is 10.1. The van der Waals surface area contributed by atoms with E-state index in [4.69, 9.17) is 0 Å². The molecule has 1 aliphatic rings. The Labute approximate surface area is 121 Å². The van der Waals surface area contributed by atoms with E-state index < -0.39 is 51.7 Å². The lowest BCUT2D eigenvalue weighted by molar-refractivity contribution is -0.117. The van der Waals surface area contributed by atoms with Gasteiger partial charge in [-0.2, -0.15) is 21.6 Å². The molecule has 11 heteroatoms. The largest absolute Gasteiger partial charge is 0.506 e. The van der Waals surface area contributed by atoms with Crippen LogP contribution in [0.15, 0.2) is 12.1 Å². The summed E-state index contributed by atoms with van der Waals surface area (Å²) in [6.07, 6.45) is -4.87. The number of amides is 1. The van der Waals surface area contributed by atoms with Gasteiger partial charge in [0.1, 0.15) is 18.0 Å². The third-order valence-electron chi connectivity index (χ3n) is 2.50. The first-order valence-electron chi connectivity index (χ1n) is 5.46. The third-order valence-corrected chi connectivity index (χ3v) is 3.88. The van der Waals surface area contributed by atoms with Gasteiger partial charge in [-0.25, -0.2) is 13.4 Å². The van der Waals surface area contributed by atoms with E-state index in [-0.39, 0.29) is 4.31 Å². The number of benzene rings is 1. The minimum atomic E-state index is -4.87. The van der Waals surface area contributed by atoms with Gasteiger partial charge in [0.15, 0.2) is 5.82 Å². The molecule has 1 aliphatic heterocycles. The lowest BCUT2D eigenvalue weighted by Gasteiger charge is -2.17. The maximum absolute atomic E-state index is 14.2. The molecule has 0 unspecified atom stereocenters. The quantitative estimate of drug-likeness (QED) is 0.581. The van der Waals surface area contributed by atoms with E-state index >= 15 is 0 Å². The first-order chi connectivity index (χ1) is 10.0. The molecule has 1 aromatic rings. The van der Waals surface area contributed by atoms with Gasteiger partial charge in [-0.05, 0) is 12.1 Å². The summed E-state index contributed by atoms with van der Waals surface area (Å²) in [4.78, 5) is 11.1. The predicted molar refractivity (Wildman–Crippen MR) is 65.4 cm³/mol. The van der Waals surface area contributed by atoms with Gasteiger partial charge in [0.2, 0.25) is 0 Å². The normalized spacial score (nSPS) is 16.9. The van der Waals surface area contributed by atoms with E-state index in [0.717, 1.165) is 18.1 Å². The lowest BCUT2D eigenvalue weighted by Crippen LogP contribution is -2.30. The Balaban J connectivity index is 2.58. The molecule has 1 amide bonds. The van der Waals surface area contributed by atoms with Crippen molar-refractivity contribution in [2.75, 3.05) is 10.8 Å². The van der Waals surface area contributed by atoms with Crippen LogP contribution in [0.25, 0.3) is 0 Å². The Hall–Kier alpha value is -2.48. The highest BCUT2D eigenvalue weighted by atomic mass is 32.2. The zero-order valence-electron chi connectivity index (χ0n) is 10.4. The van der Waals surface area contributed by atoms with Crippen LogP contribution in [0.4, 0.5) is 23.2 Å². The van der Waals surface area contributed by atoms with E-state index in [0.29, 0.717) is 0 Å².